The highest BCUT2D eigenvalue weighted by Crippen LogP contribution is 2.19. The van der Waals surface area contributed by atoms with Crippen molar-refractivity contribution in [3.63, 3.8) is 0 Å². The van der Waals surface area contributed by atoms with Crippen LogP contribution in [0.2, 0.25) is 0 Å². The van der Waals surface area contributed by atoms with Gasteiger partial charge in [-0.2, -0.15) is 12.6 Å². The van der Waals surface area contributed by atoms with E-state index in [1.165, 1.54) is 4.90 Å². The number of likely N-dealkylation sites (tertiary alicyclic amines) is 1. The van der Waals surface area contributed by atoms with E-state index in [1.807, 2.05) is 0 Å². The van der Waals surface area contributed by atoms with E-state index >= 15 is 0 Å². The first-order chi connectivity index (χ1) is 14.6. The van der Waals surface area contributed by atoms with Crippen LogP contribution in [-0.4, -0.2) is 94.4 Å². The van der Waals surface area contributed by atoms with E-state index in [2.05, 4.69) is 28.3 Å². The molecule has 0 radical (unpaired) electrons. The maximum absolute atomic E-state index is 12.7. The Morgan fingerprint density at radius 3 is 2.42 bits per heavy atom. The number of nitrogens with zero attached hydrogens (tertiary/aromatic N) is 2. The van der Waals surface area contributed by atoms with Gasteiger partial charge < -0.3 is 42.9 Å². The third-order valence-corrected chi connectivity index (χ3v) is 5.10. The summed E-state index contributed by atoms with van der Waals surface area (Å²) >= 11 is 3.84. The van der Waals surface area contributed by atoms with Crippen LogP contribution >= 0.6 is 12.6 Å². The number of carbonyl (C=O) groups is 4. The molecule has 0 spiro atoms. The number of amides is 3. The normalized spacial score (nSPS) is 18.5. The molecule has 10 N–H and O–H groups in total. The molecule has 0 saturated carbocycles. The number of aliphatic imine (C=N–C) groups is 1. The molecule has 0 bridgehead atoms. The molecular formula is C17H31N7O6S. The Morgan fingerprint density at radius 2 is 1.87 bits per heavy atom. The Hall–Kier alpha value is -2.58. The predicted molar refractivity (Wildman–Crippen MR) is 115 cm³/mol. The van der Waals surface area contributed by atoms with Crippen LogP contribution in [-0.2, 0) is 19.2 Å². The molecule has 1 aliphatic heterocycles. The van der Waals surface area contributed by atoms with Crippen LogP contribution in [0, 0.1) is 0 Å². The van der Waals surface area contributed by atoms with Gasteiger partial charge in [0.2, 0.25) is 17.7 Å². The van der Waals surface area contributed by atoms with Crippen molar-refractivity contribution in [1.29, 1.82) is 0 Å². The fourth-order valence-corrected chi connectivity index (χ4v) is 3.33. The average Bonchev–Trinajstić information content (AvgIpc) is 3.21. The number of aliphatic hydroxyl groups excluding tert-OH is 1. The molecule has 4 unspecified atom stereocenters. The molecule has 1 saturated heterocycles. The van der Waals surface area contributed by atoms with E-state index in [0.29, 0.717) is 38.8 Å². The number of aliphatic carboxylic acids is 1. The predicted octanol–water partition coefficient (Wildman–Crippen LogP) is -3.67. The number of hydrogen-bond acceptors (Lipinski definition) is 8. The second-order valence-corrected chi connectivity index (χ2v) is 7.44. The molecule has 0 aromatic rings. The van der Waals surface area contributed by atoms with Crippen LogP contribution in [0.25, 0.3) is 0 Å². The molecule has 4 atom stereocenters. The molecule has 13 nitrogen and oxygen atoms in total. The van der Waals surface area contributed by atoms with Crippen LogP contribution in [0.4, 0.5) is 0 Å². The standard InChI is InChI=1S/C17H31N7O6S/c18-9(3-1-5-21-17(19)20)15(28)24-6-2-4-12(24)14(27)22-10(7-25)13(26)23-11(8-31)16(29)30/h9-12,25,31H,1-8,18H2,(H,22,27)(H,23,26)(H,29,30)(H4,19,20,21). The Kier molecular flexibility index (Phi) is 11.1. The minimum Gasteiger partial charge on any atom is -0.480 e. The first-order valence-electron chi connectivity index (χ1n) is 9.79. The quantitative estimate of drug-likeness (QED) is 0.0619. The summed E-state index contributed by atoms with van der Waals surface area (Å²) in [5.74, 6) is -3.43. The average molecular weight is 462 g/mol. The number of nitrogens with one attached hydrogen (secondary N) is 2. The lowest BCUT2D eigenvalue weighted by Crippen LogP contribution is -2.57. The van der Waals surface area contributed by atoms with Crippen LogP contribution in [0.5, 0.6) is 0 Å². The van der Waals surface area contributed by atoms with Crippen LogP contribution in [0.1, 0.15) is 25.7 Å². The highest BCUT2D eigenvalue weighted by Gasteiger charge is 2.37. The minimum absolute atomic E-state index is 0.0531. The van der Waals surface area contributed by atoms with Gasteiger partial charge in [-0.15, -0.1) is 0 Å². The largest absolute Gasteiger partial charge is 0.480 e. The number of carbonyl (C=O) groups excluding carboxylic acids is 3. The van der Waals surface area contributed by atoms with Crippen molar-refractivity contribution < 1.29 is 29.4 Å². The maximum Gasteiger partial charge on any atom is 0.327 e. The molecule has 1 rings (SSSR count). The molecule has 1 aliphatic rings. The molecule has 0 aromatic carbocycles. The molecule has 14 heteroatoms. The summed E-state index contributed by atoms with van der Waals surface area (Å²) < 4.78 is 0. The van der Waals surface area contributed by atoms with Crippen LogP contribution in [0.3, 0.4) is 0 Å². The van der Waals surface area contributed by atoms with Crippen molar-refractivity contribution >= 4 is 42.3 Å². The van der Waals surface area contributed by atoms with E-state index < -0.39 is 54.5 Å². The highest BCUT2D eigenvalue weighted by atomic mass is 32.1. The Balaban J connectivity index is 2.69. The first-order valence-corrected chi connectivity index (χ1v) is 10.4. The number of aliphatic hydroxyl groups is 1. The van der Waals surface area contributed by atoms with E-state index in [9.17, 15) is 24.3 Å². The highest BCUT2D eigenvalue weighted by molar-refractivity contribution is 7.80. The van der Waals surface area contributed by atoms with Crippen molar-refractivity contribution in [3.8, 4) is 0 Å². The smallest absolute Gasteiger partial charge is 0.327 e. The SMILES string of the molecule is NC(N)=NCCCC(N)C(=O)N1CCCC1C(=O)NC(CO)C(=O)NC(CS)C(=O)O. The number of carboxylic acid groups (broad SMARTS) is 1. The number of thiol groups is 1. The minimum atomic E-state index is -1.37. The molecule has 0 aromatic heterocycles. The summed E-state index contributed by atoms with van der Waals surface area (Å²) in [4.78, 5) is 53.7. The monoisotopic (exact) mass is 461 g/mol. The number of guanidine groups is 1. The van der Waals surface area contributed by atoms with Crippen molar-refractivity contribution in [2.24, 2.45) is 22.2 Å². The molecule has 176 valence electrons. The first kappa shape index (κ1) is 26.5. The number of hydrogen-bond donors (Lipinski definition) is 8. The fourth-order valence-electron chi connectivity index (χ4n) is 3.08. The summed E-state index contributed by atoms with van der Waals surface area (Å²) in [5, 5.41) is 23.0. The molecule has 3 amide bonds. The van der Waals surface area contributed by atoms with Crippen LogP contribution < -0.4 is 27.8 Å². The zero-order chi connectivity index (χ0) is 23.6. The lowest BCUT2D eigenvalue weighted by atomic mass is 10.1. The Morgan fingerprint density at radius 1 is 1.19 bits per heavy atom. The van der Waals surface area contributed by atoms with Gasteiger partial charge in [0.15, 0.2) is 5.96 Å². The third kappa shape index (κ3) is 8.22. The topological polar surface area (TPSA) is 226 Å². The summed E-state index contributed by atoms with van der Waals surface area (Å²) in [6.45, 7) is -0.0964. The van der Waals surface area contributed by atoms with E-state index in [4.69, 9.17) is 22.3 Å². The van der Waals surface area contributed by atoms with Crippen molar-refractivity contribution in [3.05, 3.63) is 0 Å². The molecule has 31 heavy (non-hydrogen) atoms. The molecule has 0 aliphatic carbocycles. The second kappa shape index (κ2) is 13.0. The summed E-state index contributed by atoms with van der Waals surface area (Å²) in [6.07, 6.45) is 1.74. The molecule has 1 fully saturated rings. The summed E-state index contributed by atoms with van der Waals surface area (Å²) in [7, 11) is 0. The maximum atomic E-state index is 12.7. The lowest BCUT2D eigenvalue weighted by Gasteiger charge is -2.28. The number of carboxylic acids is 1. The molecular weight excluding hydrogens is 430 g/mol. The van der Waals surface area contributed by atoms with Gasteiger partial charge in [-0.1, -0.05) is 0 Å². The van der Waals surface area contributed by atoms with E-state index in [-0.39, 0.29) is 11.7 Å². The van der Waals surface area contributed by atoms with E-state index in [0.717, 1.165) is 0 Å². The van der Waals surface area contributed by atoms with Gasteiger partial charge in [-0.25, -0.2) is 4.79 Å². The van der Waals surface area contributed by atoms with Gasteiger partial charge in [0.1, 0.15) is 18.1 Å². The second-order valence-electron chi connectivity index (χ2n) is 7.07. The van der Waals surface area contributed by atoms with Gasteiger partial charge in [-0.05, 0) is 25.7 Å². The Labute approximate surface area is 185 Å². The lowest BCUT2D eigenvalue weighted by molar-refractivity contribution is -0.143. The van der Waals surface area contributed by atoms with Gasteiger partial charge >= 0.3 is 5.97 Å². The van der Waals surface area contributed by atoms with Gasteiger partial charge in [0.05, 0.1) is 12.6 Å². The molecule has 1 heterocycles. The zero-order valence-corrected chi connectivity index (χ0v) is 18.0. The fraction of sp³-hybridized carbons (Fsp3) is 0.706. The Bertz CT molecular complexity index is 688. The van der Waals surface area contributed by atoms with Gasteiger partial charge in [-0.3, -0.25) is 19.4 Å². The third-order valence-electron chi connectivity index (χ3n) is 4.74. The summed E-state index contributed by atoms with van der Waals surface area (Å²) in [6, 6.07) is -4.34. The number of nitrogens with two attached hydrogens (primary N) is 3. The van der Waals surface area contributed by atoms with Crippen molar-refractivity contribution in [1.82, 2.24) is 15.5 Å². The van der Waals surface area contributed by atoms with Gasteiger partial charge in [0.25, 0.3) is 0 Å². The van der Waals surface area contributed by atoms with E-state index in [1.54, 1.807) is 0 Å². The zero-order valence-electron chi connectivity index (χ0n) is 17.1. The summed E-state index contributed by atoms with van der Waals surface area (Å²) in [5.41, 5.74) is 16.4. The number of rotatable bonds is 12. The van der Waals surface area contributed by atoms with Crippen LogP contribution in [0.15, 0.2) is 4.99 Å². The van der Waals surface area contributed by atoms with Crippen molar-refractivity contribution in [2.45, 2.75) is 49.9 Å². The van der Waals surface area contributed by atoms with Gasteiger partial charge in [0, 0.05) is 18.8 Å². The van der Waals surface area contributed by atoms with Crippen molar-refractivity contribution in [2.75, 3.05) is 25.4 Å².